The van der Waals surface area contributed by atoms with Crippen LogP contribution in [0.25, 0.3) is 21.3 Å². The molecule has 3 aromatic rings. The van der Waals surface area contributed by atoms with Crippen LogP contribution in [0.4, 0.5) is 0 Å². The average molecular weight is 257 g/mol. The number of aromatic amines is 1. The summed E-state index contributed by atoms with van der Waals surface area (Å²) in [6.07, 6.45) is 0. The molecule has 3 N–H and O–H groups in total. The SMILES string of the molecule is NCc1cc(=O)[nH]nc1-c1csc2ccccc12. The van der Waals surface area contributed by atoms with Crippen LogP contribution in [0.3, 0.4) is 0 Å². The summed E-state index contributed by atoms with van der Waals surface area (Å²) in [6, 6.07) is 9.62. The summed E-state index contributed by atoms with van der Waals surface area (Å²) < 4.78 is 1.20. The Kier molecular flexibility index (Phi) is 2.70. The van der Waals surface area contributed by atoms with E-state index in [1.807, 2.05) is 23.6 Å². The summed E-state index contributed by atoms with van der Waals surface area (Å²) >= 11 is 1.66. The average Bonchev–Trinajstić information content (AvgIpc) is 2.82. The smallest absolute Gasteiger partial charge is 0.264 e. The monoisotopic (exact) mass is 257 g/mol. The van der Waals surface area contributed by atoms with Crippen molar-refractivity contribution in [3.8, 4) is 11.3 Å². The molecule has 0 amide bonds. The number of nitrogens with one attached hydrogen (secondary N) is 1. The van der Waals surface area contributed by atoms with E-state index >= 15 is 0 Å². The maximum absolute atomic E-state index is 11.3. The van der Waals surface area contributed by atoms with Crippen molar-refractivity contribution in [1.82, 2.24) is 10.2 Å². The number of nitrogens with two attached hydrogens (primary N) is 1. The summed E-state index contributed by atoms with van der Waals surface area (Å²) in [5.41, 5.74) is 8.00. The van der Waals surface area contributed by atoms with E-state index in [1.165, 1.54) is 10.8 Å². The van der Waals surface area contributed by atoms with Crippen LogP contribution in [-0.4, -0.2) is 10.2 Å². The Balaban J connectivity index is 2.29. The Bertz CT molecular complexity index is 760. The van der Waals surface area contributed by atoms with Crippen molar-refractivity contribution in [1.29, 1.82) is 0 Å². The van der Waals surface area contributed by atoms with E-state index < -0.39 is 0 Å². The van der Waals surface area contributed by atoms with Crippen LogP contribution in [0.2, 0.25) is 0 Å². The van der Waals surface area contributed by atoms with Crippen LogP contribution < -0.4 is 11.3 Å². The number of thiophene rings is 1. The molecule has 90 valence electrons. The van der Waals surface area contributed by atoms with E-state index in [4.69, 9.17) is 5.73 Å². The van der Waals surface area contributed by atoms with Gasteiger partial charge in [0, 0.05) is 33.6 Å². The first-order chi connectivity index (χ1) is 8.79. The van der Waals surface area contributed by atoms with Crippen molar-refractivity contribution in [2.75, 3.05) is 0 Å². The van der Waals surface area contributed by atoms with Gasteiger partial charge in [0.15, 0.2) is 0 Å². The molecule has 0 aliphatic rings. The summed E-state index contributed by atoms with van der Waals surface area (Å²) in [6.45, 7) is 0.302. The predicted octanol–water partition coefficient (Wildman–Crippen LogP) is 2.11. The summed E-state index contributed by atoms with van der Waals surface area (Å²) in [5, 5.41) is 9.78. The molecule has 0 bridgehead atoms. The molecule has 0 unspecified atom stereocenters. The van der Waals surface area contributed by atoms with Crippen LogP contribution >= 0.6 is 11.3 Å². The molecule has 0 spiro atoms. The standard InChI is InChI=1S/C13H11N3OS/c14-6-8-5-12(17)15-16-13(8)10-7-18-11-4-2-1-3-9(10)11/h1-5,7H,6,14H2,(H,15,17). The largest absolute Gasteiger partial charge is 0.326 e. The predicted molar refractivity (Wildman–Crippen MR) is 73.6 cm³/mol. The van der Waals surface area contributed by atoms with Crippen molar-refractivity contribution < 1.29 is 0 Å². The number of aromatic nitrogens is 2. The second-order valence-corrected chi connectivity index (χ2v) is 4.87. The van der Waals surface area contributed by atoms with Crippen molar-refractivity contribution in [2.45, 2.75) is 6.54 Å². The fourth-order valence-corrected chi connectivity index (χ4v) is 2.94. The zero-order valence-corrected chi connectivity index (χ0v) is 10.3. The number of nitrogens with zero attached hydrogens (tertiary/aromatic N) is 1. The molecule has 4 nitrogen and oxygen atoms in total. The topological polar surface area (TPSA) is 71.8 Å². The maximum Gasteiger partial charge on any atom is 0.264 e. The van der Waals surface area contributed by atoms with Crippen molar-refractivity contribution >= 4 is 21.4 Å². The van der Waals surface area contributed by atoms with Gasteiger partial charge in [0.1, 0.15) is 0 Å². The molecule has 0 atom stereocenters. The lowest BCUT2D eigenvalue weighted by atomic mass is 10.1. The fraction of sp³-hybridized carbons (Fsp3) is 0.0769. The number of hydrogen-bond acceptors (Lipinski definition) is 4. The molecule has 3 rings (SSSR count). The van der Waals surface area contributed by atoms with E-state index in [9.17, 15) is 4.79 Å². The van der Waals surface area contributed by atoms with E-state index in [1.54, 1.807) is 11.3 Å². The van der Waals surface area contributed by atoms with Gasteiger partial charge in [-0.1, -0.05) is 18.2 Å². The molecule has 0 aliphatic carbocycles. The maximum atomic E-state index is 11.3. The van der Waals surface area contributed by atoms with Gasteiger partial charge in [-0.25, -0.2) is 5.10 Å². The molecule has 0 saturated heterocycles. The lowest BCUT2D eigenvalue weighted by Gasteiger charge is -2.04. The van der Waals surface area contributed by atoms with Crippen molar-refractivity contribution in [3.63, 3.8) is 0 Å². The Morgan fingerprint density at radius 3 is 3.00 bits per heavy atom. The summed E-state index contributed by atoms with van der Waals surface area (Å²) in [5.74, 6) is 0. The Morgan fingerprint density at radius 2 is 2.17 bits per heavy atom. The normalized spacial score (nSPS) is 10.9. The summed E-state index contributed by atoms with van der Waals surface area (Å²) in [7, 11) is 0. The summed E-state index contributed by atoms with van der Waals surface area (Å²) in [4.78, 5) is 11.3. The van der Waals surface area contributed by atoms with Gasteiger partial charge < -0.3 is 5.73 Å². The molecule has 5 heteroatoms. The first-order valence-electron chi connectivity index (χ1n) is 5.55. The molecule has 0 saturated carbocycles. The van der Waals surface area contributed by atoms with Gasteiger partial charge in [0.2, 0.25) is 0 Å². The third-order valence-electron chi connectivity index (χ3n) is 2.84. The molecule has 2 heterocycles. The lowest BCUT2D eigenvalue weighted by Crippen LogP contribution is -2.12. The zero-order valence-electron chi connectivity index (χ0n) is 9.51. The Labute approximate surface area is 107 Å². The third kappa shape index (κ3) is 1.73. The van der Waals surface area contributed by atoms with Crippen LogP contribution in [-0.2, 0) is 6.54 Å². The van der Waals surface area contributed by atoms with Gasteiger partial charge in [-0.05, 0) is 11.6 Å². The van der Waals surface area contributed by atoms with Crippen LogP contribution in [0, 0.1) is 0 Å². The third-order valence-corrected chi connectivity index (χ3v) is 3.81. The van der Waals surface area contributed by atoms with E-state index in [0.717, 1.165) is 22.2 Å². The zero-order chi connectivity index (χ0) is 12.5. The molecule has 2 aromatic heterocycles. The lowest BCUT2D eigenvalue weighted by molar-refractivity contribution is 0.946. The quantitative estimate of drug-likeness (QED) is 0.738. The molecule has 0 fully saturated rings. The highest BCUT2D eigenvalue weighted by Gasteiger charge is 2.11. The minimum atomic E-state index is -0.223. The van der Waals surface area contributed by atoms with Crippen LogP contribution in [0.5, 0.6) is 0 Å². The van der Waals surface area contributed by atoms with Gasteiger partial charge in [0.05, 0.1) is 5.69 Å². The van der Waals surface area contributed by atoms with E-state index in [-0.39, 0.29) is 5.56 Å². The van der Waals surface area contributed by atoms with Crippen LogP contribution in [0.15, 0.2) is 40.5 Å². The van der Waals surface area contributed by atoms with E-state index in [0.29, 0.717) is 6.54 Å². The van der Waals surface area contributed by atoms with Gasteiger partial charge >= 0.3 is 0 Å². The number of fused-ring (bicyclic) bond motifs is 1. The van der Waals surface area contributed by atoms with Gasteiger partial charge in [0.25, 0.3) is 5.56 Å². The number of rotatable bonds is 2. The number of benzene rings is 1. The molecular weight excluding hydrogens is 246 g/mol. The molecular formula is C13H11N3OS. The van der Waals surface area contributed by atoms with Gasteiger partial charge in [-0.15, -0.1) is 11.3 Å². The Morgan fingerprint density at radius 1 is 1.33 bits per heavy atom. The highest BCUT2D eigenvalue weighted by molar-refractivity contribution is 7.17. The highest BCUT2D eigenvalue weighted by atomic mass is 32.1. The minimum absolute atomic E-state index is 0.223. The second kappa shape index (κ2) is 4.36. The van der Waals surface area contributed by atoms with Crippen molar-refractivity contribution in [3.05, 3.63) is 51.6 Å². The van der Waals surface area contributed by atoms with Crippen molar-refractivity contribution in [2.24, 2.45) is 5.73 Å². The number of hydrogen-bond donors (Lipinski definition) is 2. The molecule has 0 aliphatic heterocycles. The first kappa shape index (κ1) is 11.1. The molecule has 18 heavy (non-hydrogen) atoms. The minimum Gasteiger partial charge on any atom is -0.326 e. The van der Waals surface area contributed by atoms with Crippen LogP contribution in [0.1, 0.15) is 5.56 Å². The highest BCUT2D eigenvalue weighted by Crippen LogP contribution is 2.33. The molecule has 0 radical (unpaired) electrons. The van der Waals surface area contributed by atoms with E-state index in [2.05, 4.69) is 16.3 Å². The fourth-order valence-electron chi connectivity index (χ4n) is 1.99. The van der Waals surface area contributed by atoms with Gasteiger partial charge in [-0.2, -0.15) is 5.10 Å². The molecule has 1 aromatic carbocycles. The second-order valence-electron chi connectivity index (χ2n) is 3.96. The van der Waals surface area contributed by atoms with Gasteiger partial charge in [-0.3, -0.25) is 4.79 Å². The first-order valence-corrected chi connectivity index (χ1v) is 6.43. The number of H-pyrrole nitrogens is 1. The Hall–Kier alpha value is -1.98.